The molecule has 0 atom stereocenters. The molecule has 0 saturated heterocycles. The Balaban J connectivity index is 2.02. The van der Waals surface area contributed by atoms with Gasteiger partial charge in [0.05, 0.1) is 30.9 Å². The topological polar surface area (TPSA) is 52.8 Å². The highest BCUT2D eigenvalue weighted by Gasteiger charge is 2.11. The van der Waals surface area contributed by atoms with Crippen LogP contribution in [0, 0.1) is 0 Å². The maximum atomic E-state index is 12.1. The summed E-state index contributed by atoms with van der Waals surface area (Å²) in [6.07, 6.45) is 0.332. The lowest BCUT2D eigenvalue weighted by Crippen LogP contribution is -2.13. The van der Waals surface area contributed by atoms with E-state index < -0.39 is 0 Å². The second kappa shape index (κ2) is 6.55. The molecule has 23 heavy (non-hydrogen) atoms. The number of amides is 1. The van der Waals surface area contributed by atoms with Gasteiger partial charge in [-0.05, 0) is 11.4 Å². The smallest absolute Gasteiger partial charge is 0.253 e. The van der Waals surface area contributed by atoms with Gasteiger partial charge in [-0.25, -0.2) is 0 Å². The van der Waals surface area contributed by atoms with E-state index >= 15 is 0 Å². The second-order valence-electron chi connectivity index (χ2n) is 4.88. The Morgan fingerprint density at radius 2 is 2.00 bits per heavy atom. The predicted molar refractivity (Wildman–Crippen MR) is 92.5 cm³/mol. The zero-order valence-corrected chi connectivity index (χ0v) is 14.7. The monoisotopic (exact) mass is 348 g/mol. The van der Waals surface area contributed by atoms with Crippen molar-refractivity contribution in [1.82, 2.24) is 4.57 Å². The molecule has 5 nitrogen and oxygen atoms in total. The highest BCUT2D eigenvalue weighted by Crippen LogP contribution is 2.32. The third-order valence-electron chi connectivity index (χ3n) is 3.44. The van der Waals surface area contributed by atoms with Gasteiger partial charge in [-0.15, -0.1) is 11.3 Å². The summed E-state index contributed by atoms with van der Waals surface area (Å²) in [5, 5.41) is 1.96. The Morgan fingerprint density at radius 3 is 2.65 bits per heavy atom. The second-order valence-corrected chi connectivity index (χ2v) is 6.92. The number of carbonyl (C=O) groups excluding carboxylic acids is 1. The van der Waals surface area contributed by atoms with Crippen molar-refractivity contribution in [1.29, 1.82) is 0 Å². The summed E-state index contributed by atoms with van der Waals surface area (Å²) in [6.45, 7) is 0. The first-order valence-electron chi connectivity index (χ1n) is 6.94. The number of fused-ring (bicyclic) bond motifs is 1. The van der Waals surface area contributed by atoms with Crippen molar-refractivity contribution < 1.29 is 14.3 Å². The maximum Gasteiger partial charge on any atom is 0.253 e. The van der Waals surface area contributed by atoms with E-state index in [1.54, 1.807) is 25.6 Å². The molecule has 0 aliphatic carbocycles. The average molecular weight is 348 g/mol. The van der Waals surface area contributed by atoms with E-state index in [-0.39, 0.29) is 5.91 Å². The number of benzene rings is 1. The largest absolute Gasteiger partial charge is 0.493 e. The normalized spacial score (nSPS) is 11.9. The fourth-order valence-electron chi connectivity index (χ4n) is 2.27. The van der Waals surface area contributed by atoms with Crippen molar-refractivity contribution >= 4 is 38.8 Å². The van der Waals surface area contributed by atoms with Gasteiger partial charge in [-0.3, -0.25) is 4.79 Å². The first-order chi connectivity index (χ1) is 11.1. The van der Waals surface area contributed by atoms with Crippen LogP contribution < -0.4 is 14.3 Å². The van der Waals surface area contributed by atoms with Crippen LogP contribution in [-0.4, -0.2) is 24.7 Å². The first-order valence-corrected chi connectivity index (χ1v) is 8.63. The average Bonchev–Trinajstić information content (AvgIpc) is 3.15. The van der Waals surface area contributed by atoms with Gasteiger partial charge in [-0.1, -0.05) is 17.4 Å². The van der Waals surface area contributed by atoms with Crippen LogP contribution in [0.2, 0.25) is 0 Å². The lowest BCUT2D eigenvalue weighted by molar-refractivity contribution is -0.117. The summed E-state index contributed by atoms with van der Waals surface area (Å²) in [4.78, 5) is 18.1. The Kier molecular flexibility index (Phi) is 4.49. The first kappa shape index (κ1) is 15.8. The SMILES string of the molecule is COc1cc2sc(=NC(=O)Cc3cccs3)n(C)c2cc1OC. The van der Waals surface area contributed by atoms with Gasteiger partial charge in [0.1, 0.15) is 0 Å². The van der Waals surface area contributed by atoms with Crippen molar-refractivity contribution in [2.24, 2.45) is 12.0 Å². The zero-order chi connectivity index (χ0) is 16.4. The summed E-state index contributed by atoms with van der Waals surface area (Å²) in [5.41, 5.74) is 0.954. The fraction of sp³-hybridized carbons (Fsp3) is 0.250. The third-order valence-corrected chi connectivity index (χ3v) is 5.41. The Labute approximate surface area is 141 Å². The summed E-state index contributed by atoms with van der Waals surface area (Å²) < 4.78 is 13.5. The van der Waals surface area contributed by atoms with Crippen LogP contribution >= 0.6 is 22.7 Å². The summed E-state index contributed by atoms with van der Waals surface area (Å²) in [5.74, 6) is 1.18. The summed E-state index contributed by atoms with van der Waals surface area (Å²) in [6, 6.07) is 7.68. The molecule has 3 rings (SSSR count). The number of thiazole rings is 1. The van der Waals surface area contributed by atoms with Gasteiger partial charge >= 0.3 is 0 Å². The number of hydrogen-bond acceptors (Lipinski definition) is 5. The summed E-state index contributed by atoms with van der Waals surface area (Å²) in [7, 11) is 5.10. The number of nitrogens with zero attached hydrogens (tertiary/aromatic N) is 2. The Hall–Kier alpha value is -2.12. The van der Waals surface area contributed by atoms with Crippen LogP contribution in [-0.2, 0) is 18.3 Å². The molecular formula is C16H16N2O3S2. The minimum absolute atomic E-state index is 0.145. The number of aromatic nitrogens is 1. The van der Waals surface area contributed by atoms with E-state index in [0.717, 1.165) is 15.1 Å². The van der Waals surface area contributed by atoms with Crippen LogP contribution in [0.15, 0.2) is 34.6 Å². The van der Waals surface area contributed by atoms with Gasteiger partial charge < -0.3 is 14.0 Å². The van der Waals surface area contributed by atoms with Crippen LogP contribution in [0.1, 0.15) is 4.88 Å². The molecule has 3 aromatic rings. The number of hydrogen-bond donors (Lipinski definition) is 0. The molecule has 0 N–H and O–H groups in total. The lowest BCUT2D eigenvalue weighted by atomic mass is 10.3. The molecule has 0 spiro atoms. The lowest BCUT2D eigenvalue weighted by Gasteiger charge is -2.07. The molecule has 120 valence electrons. The van der Waals surface area contributed by atoms with Gasteiger partial charge in [0.2, 0.25) is 0 Å². The van der Waals surface area contributed by atoms with E-state index in [9.17, 15) is 4.79 Å². The van der Waals surface area contributed by atoms with Crippen LogP contribution in [0.25, 0.3) is 10.2 Å². The van der Waals surface area contributed by atoms with Crippen LogP contribution in [0.4, 0.5) is 0 Å². The number of aryl methyl sites for hydroxylation is 1. The highest BCUT2D eigenvalue weighted by molar-refractivity contribution is 7.16. The standard InChI is InChI=1S/C16H16N2O3S2/c1-18-11-8-12(20-2)13(21-3)9-14(11)23-16(18)17-15(19)7-10-5-4-6-22-10/h4-6,8-9H,7H2,1-3H3. The molecule has 2 heterocycles. The van der Waals surface area contributed by atoms with Crippen molar-refractivity contribution in [2.45, 2.75) is 6.42 Å². The molecule has 0 fully saturated rings. The van der Waals surface area contributed by atoms with Crippen LogP contribution in [0.5, 0.6) is 11.5 Å². The minimum Gasteiger partial charge on any atom is -0.493 e. The van der Waals surface area contributed by atoms with Crippen molar-refractivity contribution in [3.8, 4) is 11.5 Å². The maximum absolute atomic E-state index is 12.1. The zero-order valence-electron chi connectivity index (χ0n) is 13.0. The van der Waals surface area contributed by atoms with Gasteiger partial charge in [0.25, 0.3) is 5.91 Å². The molecule has 2 aromatic heterocycles. The van der Waals surface area contributed by atoms with Crippen molar-refractivity contribution in [2.75, 3.05) is 14.2 Å². The molecule has 0 bridgehead atoms. The Bertz CT molecular complexity index is 907. The number of rotatable bonds is 4. The molecule has 0 unspecified atom stereocenters. The molecule has 0 aliphatic heterocycles. The Morgan fingerprint density at radius 1 is 1.26 bits per heavy atom. The molecule has 0 radical (unpaired) electrons. The molecule has 1 aromatic carbocycles. The predicted octanol–water partition coefficient (Wildman–Crippen LogP) is 2.99. The fourth-order valence-corrected chi connectivity index (χ4v) is 4.01. The van der Waals surface area contributed by atoms with E-state index in [2.05, 4.69) is 4.99 Å². The van der Waals surface area contributed by atoms with Crippen molar-refractivity contribution in [3.05, 3.63) is 39.3 Å². The number of carbonyl (C=O) groups is 1. The summed E-state index contributed by atoms with van der Waals surface area (Å²) >= 11 is 3.02. The minimum atomic E-state index is -0.145. The van der Waals surface area contributed by atoms with E-state index in [4.69, 9.17) is 9.47 Å². The molecular weight excluding hydrogens is 332 g/mol. The molecule has 0 saturated carbocycles. The van der Waals surface area contributed by atoms with E-state index in [1.807, 2.05) is 41.3 Å². The van der Waals surface area contributed by atoms with Crippen molar-refractivity contribution in [3.63, 3.8) is 0 Å². The van der Waals surface area contributed by atoms with E-state index in [1.165, 1.54) is 11.3 Å². The molecule has 0 aliphatic rings. The quantitative estimate of drug-likeness (QED) is 0.728. The highest BCUT2D eigenvalue weighted by atomic mass is 32.1. The molecule has 7 heteroatoms. The number of thiophene rings is 1. The van der Waals surface area contributed by atoms with Crippen LogP contribution in [0.3, 0.4) is 0 Å². The number of methoxy groups -OCH3 is 2. The van der Waals surface area contributed by atoms with Gasteiger partial charge in [-0.2, -0.15) is 4.99 Å². The number of ether oxygens (including phenoxy) is 2. The van der Waals surface area contributed by atoms with Gasteiger partial charge in [0, 0.05) is 24.1 Å². The third kappa shape index (κ3) is 3.16. The molecule has 1 amide bonds. The van der Waals surface area contributed by atoms with Gasteiger partial charge in [0.15, 0.2) is 16.3 Å². The van der Waals surface area contributed by atoms with E-state index in [0.29, 0.717) is 22.7 Å².